The summed E-state index contributed by atoms with van der Waals surface area (Å²) in [6, 6.07) is 1.88. The fourth-order valence-electron chi connectivity index (χ4n) is 1.80. The maximum absolute atomic E-state index is 10.8. The molecule has 1 N–H and O–H groups in total. The van der Waals surface area contributed by atoms with Gasteiger partial charge in [-0.2, -0.15) is 0 Å². The van der Waals surface area contributed by atoms with Gasteiger partial charge in [0, 0.05) is 25.9 Å². The predicted octanol–water partition coefficient (Wildman–Crippen LogP) is 2.05. The summed E-state index contributed by atoms with van der Waals surface area (Å²) in [6.45, 7) is 1.30. The highest BCUT2D eigenvalue weighted by Gasteiger charge is 2.31. The number of carbonyl (C=O) groups is 1. The second-order valence-electron chi connectivity index (χ2n) is 4.25. The van der Waals surface area contributed by atoms with Crippen molar-refractivity contribution in [3.63, 3.8) is 0 Å². The number of aromatic nitrogens is 1. The van der Waals surface area contributed by atoms with Crippen molar-refractivity contribution < 1.29 is 14.6 Å². The number of carboxylic acid groups (broad SMARTS) is 1. The van der Waals surface area contributed by atoms with Crippen molar-refractivity contribution in [1.29, 1.82) is 0 Å². The van der Waals surface area contributed by atoms with Crippen LogP contribution in [0.15, 0.2) is 12.3 Å². The van der Waals surface area contributed by atoms with Gasteiger partial charge in [-0.05, 0) is 18.9 Å². The molecule has 0 aliphatic heterocycles. The first-order valence-corrected chi connectivity index (χ1v) is 6.15. The second kappa shape index (κ2) is 5.54. The van der Waals surface area contributed by atoms with Crippen LogP contribution in [0.5, 0.6) is 0 Å². The molecule has 5 nitrogen and oxygen atoms in total. The highest BCUT2D eigenvalue weighted by molar-refractivity contribution is 6.33. The van der Waals surface area contributed by atoms with Gasteiger partial charge < -0.3 is 14.7 Å². The number of rotatable bonds is 6. The van der Waals surface area contributed by atoms with Crippen LogP contribution in [0.3, 0.4) is 0 Å². The second-order valence-corrected chi connectivity index (χ2v) is 4.66. The van der Waals surface area contributed by atoms with Crippen LogP contribution in [0.25, 0.3) is 0 Å². The molecule has 18 heavy (non-hydrogen) atoms. The first-order valence-electron chi connectivity index (χ1n) is 5.78. The third-order valence-corrected chi connectivity index (χ3v) is 3.14. The molecule has 0 radical (unpaired) electrons. The Morgan fingerprint density at radius 1 is 1.67 bits per heavy atom. The van der Waals surface area contributed by atoms with Crippen LogP contribution in [-0.4, -0.2) is 42.4 Å². The Balaban J connectivity index is 2.21. The molecule has 0 spiro atoms. The van der Waals surface area contributed by atoms with E-state index in [1.165, 1.54) is 12.3 Å². The zero-order valence-corrected chi connectivity index (χ0v) is 10.9. The fraction of sp³-hybridized carbons (Fsp3) is 0.500. The van der Waals surface area contributed by atoms with Crippen molar-refractivity contribution in [2.45, 2.75) is 18.9 Å². The van der Waals surface area contributed by atoms with Crippen LogP contribution in [0.2, 0.25) is 5.02 Å². The molecular formula is C12H15ClN2O3. The first kappa shape index (κ1) is 13.1. The number of aromatic carboxylic acids is 1. The SMILES string of the molecule is COCCN(c1ncc(C(=O)O)cc1Cl)C1CC1. The number of halogens is 1. The highest BCUT2D eigenvalue weighted by atomic mass is 35.5. The van der Waals surface area contributed by atoms with Crippen LogP contribution in [0.4, 0.5) is 5.82 Å². The summed E-state index contributed by atoms with van der Waals surface area (Å²) in [5.41, 5.74) is 0.103. The summed E-state index contributed by atoms with van der Waals surface area (Å²) in [7, 11) is 1.65. The smallest absolute Gasteiger partial charge is 0.337 e. The number of methoxy groups -OCH3 is 1. The van der Waals surface area contributed by atoms with Crippen molar-refractivity contribution in [3.8, 4) is 0 Å². The average Bonchev–Trinajstić information content (AvgIpc) is 3.15. The first-order chi connectivity index (χ1) is 8.63. The Morgan fingerprint density at radius 3 is 2.89 bits per heavy atom. The third-order valence-electron chi connectivity index (χ3n) is 2.86. The minimum atomic E-state index is -1.02. The van der Waals surface area contributed by atoms with Gasteiger partial charge in [-0.25, -0.2) is 9.78 Å². The number of anilines is 1. The molecule has 1 aliphatic rings. The van der Waals surface area contributed by atoms with E-state index in [1.807, 2.05) is 0 Å². The molecular weight excluding hydrogens is 256 g/mol. The summed E-state index contributed by atoms with van der Waals surface area (Å²) in [6.07, 6.45) is 3.57. The van der Waals surface area contributed by atoms with Crippen LogP contribution >= 0.6 is 11.6 Å². The van der Waals surface area contributed by atoms with E-state index in [2.05, 4.69) is 9.88 Å². The lowest BCUT2D eigenvalue weighted by Crippen LogP contribution is -2.30. The minimum Gasteiger partial charge on any atom is -0.478 e. The Bertz CT molecular complexity index is 449. The van der Waals surface area contributed by atoms with Crippen LogP contribution in [0.1, 0.15) is 23.2 Å². The van der Waals surface area contributed by atoms with Gasteiger partial charge in [0.15, 0.2) is 0 Å². The molecule has 6 heteroatoms. The lowest BCUT2D eigenvalue weighted by molar-refractivity contribution is 0.0696. The van der Waals surface area contributed by atoms with Crippen LogP contribution in [0, 0.1) is 0 Å². The van der Waals surface area contributed by atoms with E-state index in [9.17, 15) is 4.79 Å². The maximum Gasteiger partial charge on any atom is 0.337 e. The number of nitrogens with zero attached hydrogens (tertiary/aromatic N) is 2. The molecule has 1 aromatic heterocycles. The largest absolute Gasteiger partial charge is 0.478 e. The third kappa shape index (κ3) is 2.91. The maximum atomic E-state index is 10.8. The Kier molecular flexibility index (Phi) is 4.04. The normalized spacial score (nSPS) is 14.6. The van der Waals surface area contributed by atoms with E-state index in [0.717, 1.165) is 12.8 Å². The van der Waals surface area contributed by atoms with Gasteiger partial charge in [0.05, 0.1) is 17.2 Å². The van der Waals surface area contributed by atoms with Crippen molar-refractivity contribution in [2.75, 3.05) is 25.2 Å². The lowest BCUT2D eigenvalue weighted by Gasteiger charge is -2.24. The molecule has 0 amide bonds. The molecule has 0 unspecified atom stereocenters. The van der Waals surface area contributed by atoms with Gasteiger partial charge in [0.2, 0.25) is 0 Å². The zero-order chi connectivity index (χ0) is 13.1. The summed E-state index contributed by atoms with van der Waals surface area (Å²) in [4.78, 5) is 17.1. The molecule has 0 saturated heterocycles. The minimum absolute atomic E-state index is 0.103. The number of pyridine rings is 1. The summed E-state index contributed by atoms with van der Waals surface area (Å²) in [5, 5.41) is 9.24. The van der Waals surface area contributed by atoms with E-state index >= 15 is 0 Å². The molecule has 0 atom stereocenters. The number of hydrogen-bond donors (Lipinski definition) is 1. The van der Waals surface area contributed by atoms with Gasteiger partial charge in [-0.1, -0.05) is 11.6 Å². The van der Waals surface area contributed by atoms with E-state index < -0.39 is 5.97 Å². The van der Waals surface area contributed by atoms with Gasteiger partial charge in [-0.3, -0.25) is 0 Å². The standard InChI is InChI=1S/C12H15ClN2O3/c1-18-5-4-15(9-2-3-9)11-10(13)6-8(7-14-11)12(16)17/h6-7,9H,2-5H2,1H3,(H,16,17). The van der Waals surface area contributed by atoms with Crippen molar-refractivity contribution in [1.82, 2.24) is 4.98 Å². The monoisotopic (exact) mass is 270 g/mol. The van der Waals surface area contributed by atoms with E-state index in [0.29, 0.717) is 30.0 Å². The van der Waals surface area contributed by atoms with Gasteiger partial charge in [0.1, 0.15) is 5.82 Å². The molecule has 1 saturated carbocycles. The van der Waals surface area contributed by atoms with Crippen molar-refractivity contribution in [2.24, 2.45) is 0 Å². The van der Waals surface area contributed by atoms with Gasteiger partial charge >= 0.3 is 5.97 Å². The zero-order valence-electron chi connectivity index (χ0n) is 10.1. The van der Waals surface area contributed by atoms with Gasteiger partial charge in [0.25, 0.3) is 0 Å². The van der Waals surface area contributed by atoms with Crippen LogP contribution in [-0.2, 0) is 4.74 Å². The Labute approximate surface area is 110 Å². The molecule has 1 aliphatic carbocycles. The van der Waals surface area contributed by atoms with E-state index in [4.69, 9.17) is 21.4 Å². The summed E-state index contributed by atoms with van der Waals surface area (Å²) >= 11 is 6.11. The quantitative estimate of drug-likeness (QED) is 0.857. The fourth-order valence-corrected chi connectivity index (χ4v) is 2.07. The highest BCUT2D eigenvalue weighted by Crippen LogP contribution is 2.34. The summed E-state index contributed by atoms with van der Waals surface area (Å²) < 4.78 is 5.07. The van der Waals surface area contributed by atoms with Crippen molar-refractivity contribution in [3.05, 3.63) is 22.8 Å². The molecule has 98 valence electrons. The average molecular weight is 271 g/mol. The Morgan fingerprint density at radius 2 is 2.39 bits per heavy atom. The lowest BCUT2D eigenvalue weighted by atomic mass is 10.3. The molecule has 1 aromatic rings. The summed E-state index contributed by atoms with van der Waals surface area (Å²) in [5.74, 6) is -0.382. The van der Waals surface area contributed by atoms with Crippen LogP contribution < -0.4 is 4.90 Å². The number of ether oxygens (including phenoxy) is 1. The van der Waals surface area contributed by atoms with Gasteiger partial charge in [-0.15, -0.1) is 0 Å². The molecule has 0 aromatic carbocycles. The van der Waals surface area contributed by atoms with Crippen molar-refractivity contribution >= 4 is 23.4 Å². The molecule has 1 fully saturated rings. The number of carboxylic acids is 1. The van der Waals surface area contributed by atoms with E-state index in [-0.39, 0.29) is 5.56 Å². The molecule has 2 rings (SSSR count). The molecule has 0 bridgehead atoms. The van der Waals surface area contributed by atoms with E-state index in [1.54, 1.807) is 7.11 Å². The predicted molar refractivity (Wildman–Crippen MR) is 68.5 cm³/mol. The Hall–Kier alpha value is -1.33. The number of hydrogen-bond acceptors (Lipinski definition) is 4. The topological polar surface area (TPSA) is 62.7 Å². The molecule has 1 heterocycles.